The first-order chi connectivity index (χ1) is 10.2. The van der Waals surface area contributed by atoms with E-state index in [4.69, 9.17) is 0 Å². The van der Waals surface area contributed by atoms with Crippen LogP contribution in [0.2, 0.25) is 0 Å². The van der Waals surface area contributed by atoms with Gasteiger partial charge in [-0.1, -0.05) is 32.0 Å². The zero-order valence-corrected chi connectivity index (χ0v) is 14.2. The number of benzene rings is 1. The fourth-order valence-corrected chi connectivity index (χ4v) is 5.10. The molecule has 21 heavy (non-hydrogen) atoms. The number of nitrogens with zero attached hydrogens (tertiary/aromatic N) is 1. The summed E-state index contributed by atoms with van der Waals surface area (Å²) in [7, 11) is 0. The van der Waals surface area contributed by atoms with Gasteiger partial charge in [-0.3, -0.25) is 0 Å². The molecule has 0 amide bonds. The maximum Gasteiger partial charge on any atom is 0.0399 e. The van der Waals surface area contributed by atoms with E-state index in [0.717, 1.165) is 6.54 Å². The molecule has 1 saturated heterocycles. The third kappa shape index (κ3) is 3.57. The van der Waals surface area contributed by atoms with E-state index in [9.17, 15) is 0 Å². The van der Waals surface area contributed by atoms with Gasteiger partial charge >= 0.3 is 0 Å². The highest BCUT2D eigenvalue weighted by molar-refractivity contribution is 7.99. The highest BCUT2D eigenvalue weighted by atomic mass is 32.2. The Bertz CT molecular complexity index is 472. The summed E-state index contributed by atoms with van der Waals surface area (Å²) in [6, 6.07) is 9.55. The lowest BCUT2D eigenvalue weighted by atomic mass is 9.82. The molecule has 0 aliphatic carbocycles. The largest absolute Gasteiger partial charge is 0.371 e. The molecule has 2 heterocycles. The fourth-order valence-electron chi connectivity index (χ4n) is 3.46. The van der Waals surface area contributed by atoms with Crippen LogP contribution in [0.5, 0.6) is 0 Å². The standard InChI is InChI=1S/C18H28N2S/c1-18(2)9-13-21-14-17(18)19-10-5-11-20-12-8-15-6-3-4-7-16(15)20/h3-4,6-7,17,19H,5,8-14H2,1-2H3. The second-order valence-corrected chi connectivity index (χ2v) is 8.19. The first-order valence-electron chi connectivity index (χ1n) is 8.31. The summed E-state index contributed by atoms with van der Waals surface area (Å²) in [5, 5.41) is 3.81. The third-order valence-electron chi connectivity index (χ3n) is 5.10. The Kier molecular flexibility index (Phi) is 4.80. The molecule has 1 unspecified atom stereocenters. The van der Waals surface area contributed by atoms with E-state index in [1.54, 1.807) is 0 Å². The molecule has 3 heteroatoms. The number of hydrogen-bond donors (Lipinski definition) is 1. The summed E-state index contributed by atoms with van der Waals surface area (Å²) in [5.41, 5.74) is 3.45. The number of rotatable bonds is 5. The quantitative estimate of drug-likeness (QED) is 0.837. The molecular formula is C18H28N2S. The zero-order chi connectivity index (χ0) is 14.7. The summed E-state index contributed by atoms with van der Waals surface area (Å²) in [6.45, 7) is 8.37. The van der Waals surface area contributed by atoms with Crippen LogP contribution < -0.4 is 10.2 Å². The second kappa shape index (κ2) is 6.62. The summed E-state index contributed by atoms with van der Waals surface area (Å²) in [6.07, 6.45) is 3.80. The van der Waals surface area contributed by atoms with Crippen molar-refractivity contribution in [2.45, 2.75) is 39.2 Å². The molecule has 2 aliphatic rings. The predicted octanol–water partition coefficient (Wildman–Crippen LogP) is 3.56. The number of fused-ring (bicyclic) bond motifs is 1. The van der Waals surface area contributed by atoms with Crippen molar-refractivity contribution in [3.63, 3.8) is 0 Å². The van der Waals surface area contributed by atoms with E-state index in [1.807, 2.05) is 0 Å². The Labute approximate surface area is 133 Å². The Balaban J connectivity index is 1.43. The smallest absolute Gasteiger partial charge is 0.0399 e. The van der Waals surface area contributed by atoms with E-state index >= 15 is 0 Å². The first kappa shape index (κ1) is 15.2. The van der Waals surface area contributed by atoms with E-state index in [-0.39, 0.29) is 0 Å². The topological polar surface area (TPSA) is 15.3 Å². The molecule has 1 aromatic rings. The lowest BCUT2D eigenvalue weighted by Gasteiger charge is -2.39. The summed E-state index contributed by atoms with van der Waals surface area (Å²) in [5.74, 6) is 2.61. The van der Waals surface area contributed by atoms with Gasteiger partial charge in [-0.25, -0.2) is 0 Å². The average molecular weight is 305 g/mol. The second-order valence-electron chi connectivity index (χ2n) is 7.04. The Morgan fingerprint density at radius 1 is 1.33 bits per heavy atom. The van der Waals surface area contributed by atoms with E-state index in [0.29, 0.717) is 11.5 Å². The van der Waals surface area contributed by atoms with Gasteiger partial charge in [0.1, 0.15) is 0 Å². The van der Waals surface area contributed by atoms with Gasteiger partial charge in [-0.15, -0.1) is 0 Å². The van der Waals surface area contributed by atoms with Gasteiger partial charge in [0.05, 0.1) is 0 Å². The molecule has 3 rings (SSSR count). The number of hydrogen-bond acceptors (Lipinski definition) is 3. The monoisotopic (exact) mass is 304 g/mol. The van der Waals surface area contributed by atoms with Crippen LogP contribution in [-0.2, 0) is 6.42 Å². The molecular weight excluding hydrogens is 276 g/mol. The van der Waals surface area contributed by atoms with E-state index < -0.39 is 0 Å². The van der Waals surface area contributed by atoms with Crippen molar-refractivity contribution in [2.75, 3.05) is 36.0 Å². The van der Waals surface area contributed by atoms with Crippen molar-refractivity contribution in [1.29, 1.82) is 0 Å². The van der Waals surface area contributed by atoms with Crippen LogP contribution in [0.4, 0.5) is 5.69 Å². The minimum atomic E-state index is 0.464. The van der Waals surface area contributed by atoms with E-state index in [2.05, 4.69) is 60.1 Å². The Morgan fingerprint density at radius 3 is 3.05 bits per heavy atom. The van der Waals surface area contributed by atoms with Crippen LogP contribution >= 0.6 is 11.8 Å². The molecule has 1 fully saturated rings. The van der Waals surface area contributed by atoms with Crippen LogP contribution in [0.15, 0.2) is 24.3 Å². The van der Waals surface area contributed by atoms with Gasteiger partial charge in [-0.2, -0.15) is 11.8 Å². The number of anilines is 1. The number of nitrogens with one attached hydrogen (secondary N) is 1. The van der Waals surface area contributed by atoms with Crippen molar-refractivity contribution >= 4 is 17.4 Å². The molecule has 116 valence electrons. The Hall–Kier alpha value is -0.670. The normalized spacial score (nSPS) is 24.1. The minimum Gasteiger partial charge on any atom is -0.371 e. The van der Waals surface area contributed by atoms with Gasteiger partial charge in [-0.05, 0) is 48.6 Å². The SMILES string of the molecule is CC1(C)CCSCC1NCCCN1CCc2ccccc21. The highest BCUT2D eigenvalue weighted by Gasteiger charge is 2.31. The predicted molar refractivity (Wildman–Crippen MR) is 94.5 cm³/mol. The third-order valence-corrected chi connectivity index (χ3v) is 6.16. The van der Waals surface area contributed by atoms with Gasteiger partial charge < -0.3 is 10.2 Å². The zero-order valence-electron chi connectivity index (χ0n) is 13.4. The molecule has 0 bridgehead atoms. The molecule has 2 nitrogen and oxygen atoms in total. The van der Waals surface area contributed by atoms with Gasteiger partial charge in [0.25, 0.3) is 0 Å². The fraction of sp³-hybridized carbons (Fsp3) is 0.667. The summed E-state index contributed by atoms with van der Waals surface area (Å²) in [4.78, 5) is 2.55. The van der Waals surface area contributed by atoms with Crippen LogP contribution in [0.3, 0.4) is 0 Å². The molecule has 0 aromatic heterocycles. The highest BCUT2D eigenvalue weighted by Crippen LogP contribution is 2.34. The van der Waals surface area contributed by atoms with Gasteiger partial charge in [0.15, 0.2) is 0 Å². The maximum atomic E-state index is 3.81. The molecule has 1 atom stereocenters. The van der Waals surface area contributed by atoms with Crippen molar-refractivity contribution < 1.29 is 0 Å². The lowest BCUT2D eigenvalue weighted by molar-refractivity contribution is 0.246. The Morgan fingerprint density at radius 2 is 2.19 bits per heavy atom. The van der Waals surface area contributed by atoms with Gasteiger partial charge in [0, 0.05) is 30.6 Å². The number of para-hydroxylation sites is 1. The van der Waals surface area contributed by atoms with Crippen LogP contribution in [0, 0.1) is 5.41 Å². The van der Waals surface area contributed by atoms with Crippen LogP contribution in [-0.4, -0.2) is 37.2 Å². The average Bonchev–Trinajstić information content (AvgIpc) is 2.88. The van der Waals surface area contributed by atoms with Crippen LogP contribution in [0.1, 0.15) is 32.3 Å². The van der Waals surface area contributed by atoms with E-state index in [1.165, 1.54) is 55.1 Å². The van der Waals surface area contributed by atoms with Crippen LogP contribution in [0.25, 0.3) is 0 Å². The first-order valence-corrected chi connectivity index (χ1v) is 9.46. The molecule has 0 radical (unpaired) electrons. The molecule has 2 aliphatic heterocycles. The van der Waals surface area contributed by atoms with Crippen molar-refractivity contribution in [2.24, 2.45) is 5.41 Å². The summed E-state index contributed by atoms with van der Waals surface area (Å²) >= 11 is 2.11. The number of thioether (sulfide) groups is 1. The molecule has 0 spiro atoms. The minimum absolute atomic E-state index is 0.464. The van der Waals surface area contributed by atoms with Crippen molar-refractivity contribution in [3.05, 3.63) is 29.8 Å². The van der Waals surface area contributed by atoms with Crippen molar-refractivity contribution in [3.8, 4) is 0 Å². The maximum absolute atomic E-state index is 3.81. The lowest BCUT2D eigenvalue weighted by Crippen LogP contribution is -2.47. The molecule has 1 aromatic carbocycles. The van der Waals surface area contributed by atoms with Gasteiger partial charge in [0.2, 0.25) is 0 Å². The summed E-state index contributed by atoms with van der Waals surface area (Å²) < 4.78 is 0. The molecule has 0 saturated carbocycles. The molecule has 1 N–H and O–H groups in total. The van der Waals surface area contributed by atoms with Crippen molar-refractivity contribution in [1.82, 2.24) is 5.32 Å².